The van der Waals surface area contributed by atoms with Crippen LogP contribution in [0.5, 0.6) is 5.75 Å². The Bertz CT molecular complexity index is 1790. The molecule has 9 nitrogen and oxygen atoms in total. The number of fused-ring (bicyclic) bond motifs is 4. The molecule has 6 atom stereocenters. The number of aryl methyl sites for hydroxylation is 2. The molecule has 1 fully saturated rings. The first-order valence-corrected chi connectivity index (χ1v) is 18.9. The van der Waals surface area contributed by atoms with Gasteiger partial charge in [0.15, 0.2) is 0 Å². The highest BCUT2D eigenvalue weighted by Crippen LogP contribution is 2.47. The molecule has 0 saturated heterocycles. The second-order valence-electron chi connectivity index (χ2n) is 13.9. The Balaban J connectivity index is 1.27. The van der Waals surface area contributed by atoms with Crippen LogP contribution in [-0.4, -0.2) is 62.0 Å². The summed E-state index contributed by atoms with van der Waals surface area (Å²) in [6.07, 6.45) is 12.5. The third kappa shape index (κ3) is 6.44. The van der Waals surface area contributed by atoms with Crippen LogP contribution in [0.3, 0.4) is 0 Å². The standard InChI is InChI=1S/C36H44ClN5O4S/c1-24-7-4-5-9-33(45-21-29-19-38-40-41(29)2)30-13-10-27(30)20-42-22-36(16-6-8-25-17-28(37)12-14-31(25)36)23-46-34-15-11-26(18-32(34)42)35(43)39-47(24,3)44/h5,9,11-12,14-15,17-19,24,27,30,33H,3-4,6-8,10,13,16,20-23H2,1-2H3,(H,39,43,44)/b9-5+/t24-,27+,30-,33+,36+,47?/m1/s1. The highest BCUT2D eigenvalue weighted by Gasteiger charge is 2.44. The number of amides is 1. The Morgan fingerprint density at radius 3 is 2.87 bits per heavy atom. The van der Waals surface area contributed by atoms with E-state index < -0.39 is 9.71 Å². The molecule has 1 spiro atoms. The molecule has 2 aromatic carbocycles. The molecule has 1 aromatic heterocycles. The van der Waals surface area contributed by atoms with Gasteiger partial charge in [0.1, 0.15) is 5.75 Å². The van der Waals surface area contributed by atoms with Crippen molar-refractivity contribution >= 4 is 38.8 Å². The lowest BCUT2D eigenvalue weighted by Crippen LogP contribution is -2.49. The minimum atomic E-state index is -2.89. The van der Waals surface area contributed by atoms with E-state index in [1.165, 1.54) is 11.1 Å². The number of nitrogens with zero attached hydrogens (tertiary/aromatic N) is 4. The van der Waals surface area contributed by atoms with Crippen LogP contribution in [-0.2, 0) is 39.9 Å². The average molecular weight is 678 g/mol. The van der Waals surface area contributed by atoms with E-state index in [0.29, 0.717) is 43.5 Å². The van der Waals surface area contributed by atoms with Crippen LogP contribution in [0.15, 0.2) is 54.7 Å². The third-order valence-corrected chi connectivity index (χ3v) is 13.2. The van der Waals surface area contributed by atoms with Gasteiger partial charge < -0.3 is 14.4 Å². The summed E-state index contributed by atoms with van der Waals surface area (Å²) in [5.41, 5.74) is 4.64. The first kappa shape index (κ1) is 32.2. The van der Waals surface area contributed by atoms with E-state index in [2.05, 4.69) is 50.1 Å². The van der Waals surface area contributed by atoms with Gasteiger partial charge in [-0.05, 0) is 111 Å². The lowest BCUT2D eigenvalue weighted by Gasteiger charge is -2.46. The molecule has 250 valence electrons. The molecule has 1 N–H and O–H groups in total. The number of carbonyl (C=O) groups excluding carboxylic acids is 1. The summed E-state index contributed by atoms with van der Waals surface area (Å²) in [5.74, 6) is 5.05. The number of benzene rings is 2. The van der Waals surface area contributed by atoms with E-state index >= 15 is 0 Å². The molecule has 7 rings (SSSR count). The van der Waals surface area contributed by atoms with Gasteiger partial charge in [-0.15, -0.1) is 5.10 Å². The van der Waals surface area contributed by atoms with Gasteiger partial charge in [-0.3, -0.25) is 14.2 Å². The minimum Gasteiger partial charge on any atom is -0.490 e. The number of hydrogen-bond donors (Lipinski definition) is 1. The van der Waals surface area contributed by atoms with E-state index in [-0.39, 0.29) is 22.7 Å². The van der Waals surface area contributed by atoms with Crippen LogP contribution in [0.4, 0.5) is 5.69 Å². The zero-order chi connectivity index (χ0) is 32.8. The second-order valence-corrected chi connectivity index (χ2v) is 16.8. The maximum absolute atomic E-state index is 13.6. The summed E-state index contributed by atoms with van der Waals surface area (Å²) >= 11 is 6.46. The fraction of sp³-hybridized carbons (Fsp3) is 0.500. The SMILES string of the molecule is C=S1(=O)NC(=O)c2ccc3c(c2)N(C[C@@H]2CC[C@H]2[C@@H](OCc2cnnn2C)/C=C/CC[C@H]1C)C[C@@]1(CCCc2cc(Cl)ccc21)CO3. The van der Waals surface area contributed by atoms with Gasteiger partial charge in [-0.1, -0.05) is 35.0 Å². The Morgan fingerprint density at radius 1 is 1.21 bits per heavy atom. The maximum Gasteiger partial charge on any atom is 0.262 e. The number of anilines is 1. The van der Waals surface area contributed by atoms with Crippen molar-refractivity contribution in [3.63, 3.8) is 0 Å². The molecular formula is C36H44ClN5O4S. The van der Waals surface area contributed by atoms with Crippen molar-refractivity contribution in [2.75, 3.05) is 24.6 Å². The summed E-state index contributed by atoms with van der Waals surface area (Å²) < 4.78 is 31.4. The molecule has 3 heterocycles. The molecule has 0 radical (unpaired) electrons. The van der Waals surface area contributed by atoms with Crippen molar-refractivity contribution in [2.24, 2.45) is 18.9 Å². The molecule has 47 heavy (non-hydrogen) atoms. The summed E-state index contributed by atoms with van der Waals surface area (Å²) in [7, 11) is -1.01. The predicted octanol–water partition coefficient (Wildman–Crippen LogP) is 5.65. The predicted molar refractivity (Wildman–Crippen MR) is 187 cm³/mol. The summed E-state index contributed by atoms with van der Waals surface area (Å²) in [6.45, 7) is 4.42. The van der Waals surface area contributed by atoms with Gasteiger partial charge in [0.2, 0.25) is 0 Å². The topological polar surface area (TPSA) is 98.6 Å². The van der Waals surface area contributed by atoms with Gasteiger partial charge in [-0.25, -0.2) is 4.21 Å². The number of nitrogens with one attached hydrogen (secondary N) is 1. The monoisotopic (exact) mass is 677 g/mol. The summed E-state index contributed by atoms with van der Waals surface area (Å²) in [5, 5.41) is 8.55. The van der Waals surface area contributed by atoms with Crippen LogP contribution in [0.1, 0.15) is 72.6 Å². The van der Waals surface area contributed by atoms with Crippen molar-refractivity contribution < 1.29 is 18.5 Å². The lowest BCUT2D eigenvalue weighted by molar-refractivity contribution is -0.0246. The van der Waals surface area contributed by atoms with Crippen LogP contribution in [0, 0.1) is 11.8 Å². The van der Waals surface area contributed by atoms with E-state index in [1.807, 2.05) is 32.2 Å². The van der Waals surface area contributed by atoms with Gasteiger partial charge in [0, 0.05) is 41.4 Å². The fourth-order valence-corrected chi connectivity index (χ4v) is 9.15. The Labute approximate surface area is 282 Å². The van der Waals surface area contributed by atoms with Gasteiger partial charge in [-0.2, -0.15) is 0 Å². The molecular weight excluding hydrogens is 634 g/mol. The quantitative estimate of drug-likeness (QED) is 0.283. The lowest BCUT2D eigenvalue weighted by atomic mass is 9.68. The van der Waals surface area contributed by atoms with Crippen molar-refractivity contribution in [1.29, 1.82) is 0 Å². The molecule has 1 saturated carbocycles. The Morgan fingerprint density at radius 2 is 2.09 bits per heavy atom. The number of carbonyl (C=O) groups is 1. The molecule has 1 amide bonds. The normalized spacial score (nSPS) is 31.5. The van der Waals surface area contributed by atoms with E-state index in [4.69, 9.17) is 21.1 Å². The number of halogens is 1. The maximum atomic E-state index is 13.6. The highest BCUT2D eigenvalue weighted by atomic mass is 35.5. The fourth-order valence-electron chi connectivity index (χ4n) is 7.81. The smallest absolute Gasteiger partial charge is 0.262 e. The Kier molecular flexibility index (Phi) is 8.87. The van der Waals surface area contributed by atoms with Gasteiger partial charge >= 0.3 is 0 Å². The zero-order valence-corrected chi connectivity index (χ0v) is 28.8. The molecule has 2 bridgehead atoms. The first-order chi connectivity index (χ1) is 22.6. The van der Waals surface area contributed by atoms with E-state index in [0.717, 1.165) is 67.3 Å². The molecule has 4 aliphatic rings. The number of hydrogen-bond acceptors (Lipinski definition) is 7. The molecule has 1 unspecified atom stereocenters. The van der Waals surface area contributed by atoms with Gasteiger partial charge in [0.25, 0.3) is 5.91 Å². The average Bonchev–Trinajstić information content (AvgIpc) is 3.38. The first-order valence-electron chi connectivity index (χ1n) is 16.7. The van der Waals surface area contributed by atoms with Crippen molar-refractivity contribution in [2.45, 2.75) is 75.2 Å². The van der Waals surface area contributed by atoms with Crippen LogP contribution in [0.2, 0.25) is 5.02 Å². The van der Waals surface area contributed by atoms with Crippen LogP contribution < -0.4 is 14.4 Å². The zero-order valence-electron chi connectivity index (χ0n) is 27.2. The molecule has 2 aliphatic heterocycles. The summed E-state index contributed by atoms with van der Waals surface area (Å²) in [6, 6.07) is 11.9. The number of ether oxygens (including phenoxy) is 2. The second kappa shape index (κ2) is 12.9. The minimum absolute atomic E-state index is 0.0868. The number of aromatic nitrogens is 3. The number of allylic oxidation sites excluding steroid dienone is 1. The summed E-state index contributed by atoms with van der Waals surface area (Å²) in [4.78, 5) is 16.0. The molecule has 11 heteroatoms. The molecule has 3 aromatic rings. The van der Waals surface area contributed by atoms with Crippen LogP contribution in [0.25, 0.3) is 0 Å². The van der Waals surface area contributed by atoms with Crippen molar-refractivity contribution in [3.05, 3.63) is 82.2 Å². The Hall–Kier alpha value is -3.34. The largest absolute Gasteiger partial charge is 0.490 e. The highest BCUT2D eigenvalue weighted by molar-refractivity contribution is 7.99. The van der Waals surface area contributed by atoms with Crippen molar-refractivity contribution in [1.82, 2.24) is 19.7 Å². The number of rotatable bonds is 3. The van der Waals surface area contributed by atoms with Gasteiger partial charge in [0.05, 0.1) is 46.6 Å². The van der Waals surface area contributed by atoms with E-state index in [9.17, 15) is 9.00 Å². The van der Waals surface area contributed by atoms with Crippen LogP contribution >= 0.6 is 11.6 Å². The molecule has 2 aliphatic carbocycles. The van der Waals surface area contributed by atoms with Crippen molar-refractivity contribution in [3.8, 4) is 5.75 Å². The third-order valence-electron chi connectivity index (χ3n) is 10.9. The van der Waals surface area contributed by atoms with E-state index in [1.54, 1.807) is 16.9 Å².